The molecular formula is C66H73N7O11Y2-2. The van der Waals surface area contributed by atoms with Crippen LogP contribution >= 0.6 is 0 Å². The van der Waals surface area contributed by atoms with E-state index in [-0.39, 0.29) is 163 Å². The predicted molar refractivity (Wildman–Crippen MR) is 321 cm³/mol. The molecule has 4 atom stereocenters. The van der Waals surface area contributed by atoms with E-state index in [4.69, 9.17) is 14.2 Å². The number of ether oxygens (including phenoxy) is 3. The zero-order valence-electron chi connectivity index (χ0n) is 50.1. The molecule has 6 amide bonds. The molecule has 20 heteroatoms. The summed E-state index contributed by atoms with van der Waals surface area (Å²) in [4.78, 5) is 110. The van der Waals surface area contributed by atoms with Crippen molar-refractivity contribution < 1.29 is 118 Å². The first-order valence-corrected chi connectivity index (χ1v) is 28.7. The number of anilines is 5. The third-order valence-electron chi connectivity index (χ3n) is 15.8. The molecule has 0 aromatic heterocycles. The average Bonchev–Trinajstić information content (AvgIpc) is 1.69. The number of aryl methyl sites for hydroxylation is 2. The van der Waals surface area contributed by atoms with Gasteiger partial charge in [0.05, 0.1) is 30.9 Å². The van der Waals surface area contributed by atoms with Crippen molar-refractivity contribution in [3.63, 3.8) is 0 Å². The number of Topliss-reactive ketones (excluding diaryl/α,β-unsaturated/α-hetero) is 2. The maximum Gasteiger partial charge on any atom is 0.258 e. The van der Waals surface area contributed by atoms with Gasteiger partial charge >= 0.3 is 0 Å². The van der Waals surface area contributed by atoms with Crippen LogP contribution in [0.3, 0.4) is 0 Å². The summed E-state index contributed by atoms with van der Waals surface area (Å²) < 4.78 is 17.4. The Hall–Kier alpha value is -6.59. The summed E-state index contributed by atoms with van der Waals surface area (Å²) in [6.07, 6.45) is 5.99. The number of nitrogens with one attached hydrogen (secondary N) is 2. The van der Waals surface area contributed by atoms with Crippen molar-refractivity contribution in [2.75, 3.05) is 59.3 Å². The number of hydrogen-bond donors (Lipinski definition) is 2. The third-order valence-corrected chi connectivity index (χ3v) is 15.8. The van der Waals surface area contributed by atoms with Crippen LogP contribution in [0, 0.1) is 32.9 Å². The van der Waals surface area contributed by atoms with Crippen LogP contribution in [-0.2, 0) is 114 Å². The number of carbonyl (C=O) groups excluding carboxylic acids is 8. The van der Waals surface area contributed by atoms with E-state index in [0.29, 0.717) is 59.9 Å². The second-order valence-electron chi connectivity index (χ2n) is 22.1. The Labute approximate surface area is 553 Å². The molecule has 2 N–H and O–H groups in total. The van der Waals surface area contributed by atoms with Crippen LogP contribution in [-0.4, -0.2) is 104 Å². The Morgan fingerprint density at radius 1 is 0.663 bits per heavy atom. The molecule has 2 radical (unpaired) electrons. The normalized spacial score (nSPS) is 16.7. The Morgan fingerprint density at radius 2 is 1.22 bits per heavy atom. The molecule has 5 aliphatic rings. The number of para-hydroxylation sites is 2. The van der Waals surface area contributed by atoms with Gasteiger partial charge in [0.1, 0.15) is 18.1 Å². The zero-order valence-corrected chi connectivity index (χ0v) is 55.8. The maximum absolute atomic E-state index is 13.9. The molecule has 0 spiro atoms. The largest absolute Gasteiger partial charge is 0.522 e. The van der Waals surface area contributed by atoms with E-state index in [1.165, 1.54) is 17.7 Å². The molecule has 5 heterocycles. The minimum Gasteiger partial charge on any atom is -0.522 e. The smallest absolute Gasteiger partial charge is 0.258 e. The molecule has 0 bridgehead atoms. The molecule has 5 aromatic rings. The van der Waals surface area contributed by atoms with E-state index >= 15 is 0 Å². The summed E-state index contributed by atoms with van der Waals surface area (Å²) in [6, 6.07) is 28.4. The molecule has 446 valence electrons. The summed E-state index contributed by atoms with van der Waals surface area (Å²) in [5, 5.41) is 5.63. The first kappa shape index (κ1) is 66.9. The van der Waals surface area contributed by atoms with Crippen molar-refractivity contribution in [2.24, 2.45) is 5.92 Å². The van der Waals surface area contributed by atoms with Crippen LogP contribution in [0.1, 0.15) is 114 Å². The van der Waals surface area contributed by atoms with Crippen molar-refractivity contribution in [1.29, 1.82) is 0 Å². The van der Waals surface area contributed by atoms with Gasteiger partial charge in [0.2, 0.25) is 11.8 Å². The summed E-state index contributed by atoms with van der Waals surface area (Å²) in [7, 11) is 5.51. The van der Waals surface area contributed by atoms with Gasteiger partial charge in [-0.25, -0.2) is 13.1 Å². The fourth-order valence-electron chi connectivity index (χ4n) is 11.5. The Balaban J connectivity index is 0.000000325. The second kappa shape index (κ2) is 29.9. The zero-order chi connectivity index (χ0) is 59.9. The second-order valence-corrected chi connectivity index (χ2v) is 22.1. The van der Waals surface area contributed by atoms with Crippen LogP contribution in [0.15, 0.2) is 103 Å². The van der Waals surface area contributed by atoms with Crippen molar-refractivity contribution in [1.82, 2.24) is 10.2 Å². The van der Waals surface area contributed by atoms with Gasteiger partial charge in [-0.05, 0) is 138 Å². The van der Waals surface area contributed by atoms with Gasteiger partial charge in [-0.1, -0.05) is 61.5 Å². The molecule has 0 fully saturated rings. The summed E-state index contributed by atoms with van der Waals surface area (Å²) in [5.74, 6) is -0.484. The van der Waals surface area contributed by atoms with Gasteiger partial charge < -0.3 is 44.4 Å². The van der Waals surface area contributed by atoms with E-state index in [1.807, 2.05) is 127 Å². The van der Waals surface area contributed by atoms with Crippen molar-refractivity contribution in [3.8, 4) is 17.2 Å². The Kier molecular flexibility index (Phi) is 23.2. The Morgan fingerprint density at radius 3 is 1.81 bits per heavy atom. The standard InChI is InChI=1S/C46H52N5O8.C20H21N2O3.2Y/c1-28-19-32(27-59-41-25-39-37(21-29(41)2)46(58)51-35(26-49(39)5)24-33-11-6-8-14-38(33)51)23-34(20-28)48-45(57)30(3)22-40(53)31(4)47-42(54)15-9-7-12-36(52)13-10-18-50-43(55)16-17-44(50)56;1-4-25-19-11-17-15(10-18(19)24-3)20(23)22-14(12-21(17)2)9-13-7-5-6-8-16(13)22;;/h6,8,11,14,16-17,19-21,23,25-26,30-31,35H,7,9-10,12-13,15,18,22,24,27H2,1-5H3,(H,47,54)(H,48,57);5-8,10-12,14H,4,9H2,1-3H3;;/q2*-1;;/t30?,31?,35-;14-;;/m00../s1. The fourth-order valence-corrected chi connectivity index (χ4v) is 11.5. The number of unbranched alkanes of at least 4 members (excludes halogenated alkanes) is 1. The number of rotatable bonds is 21. The number of ketones is 2. The number of hydrogen-bond acceptors (Lipinski definition) is 13. The number of benzene rings is 5. The van der Waals surface area contributed by atoms with Gasteiger partial charge in [0.15, 0.2) is 17.3 Å². The number of fused-ring (bicyclic) bond motifs is 8. The average molecular weight is 1320 g/mol. The first-order valence-electron chi connectivity index (χ1n) is 28.7. The van der Waals surface area contributed by atoms with Gasteiger partial charge in [0, 0.05) is 156 Å². The monoisotopic (exact) mass is 1320 g/mol. The molecule has 0 aliphatic carbocycles. The van der Waals surface area contributed by atoms with Crippen LogP contribution in [0.2, 0.25) is 0 Å². The minimum absolute atomic E-state index is 0. The number of amides is 6. The minimum atomic E-state index is -0.784. The van der Waals surface area contributed by atoms with Crippen molar-refractivity contribution in [2.45, 2.75) is 117 Å². The number of nitrogens with zero attached hydrogens (tertiary/aromatic N) is 5. The summed E-state index contributed by atoms with van der Waals surface area (Å²) in [5.41, 5.74) is 10.3. The molecule has 18 nitrogen and oxygen atoms in total. The molecule has 0 saturated carbocycles. The molecule has 2 unspecified atom stereocenters. The molecule has 86 heavy (non-hydrogen) atoms. The maximum atomic E-state index is 13.9. The van der Waals surface area contributed by atoms with E-state index in [1.54, 1.807) is 27.0 Å². The summed E-state index contributed by atoms with van der Waals surface area (Å²) in [6.45, 7) is 14.2. The summed E-state index contributed by atoms with van der Waals surface area (Å²) >= 11 is 0. The van der Waals surface area contributed by atoms with Gasteiger partial charge in [-0.15, -0.1) is 0 Å². The predicted octanol–water partition coefficient (Wildman–Crippen LogP) is 9.21. The van der Waals surface area contributed by atoms with Crippen LogP contribution in [0.4, 0.5) is 28.4 Å². The van der Waals surface area contributed by atoms with Gasteiger partial charge in [-0.2, -0.15) is 0 Å². The van der Waals surface area contributed by atoms with E-state index in [0.717, 1.165) is 62.7 Å². The quantitative estimate of drug-likeness (QED) is 0.0400. The number of likely N-dealkylation sites (N-methyl/N-ethyl adjacent to an activating group) is 2. The number of carbonyl (C=O) groups is 8. The molecule has 10 rings (SSSR count). The van der Waals surface area contributed by atoms with Gasteiger partial charge in [-0.3, -0.25) is 43.3 Å². The van der Waals surface area contributed by atoms with E-state index < -0.39 is 12.0 Å². The van der Waals surface area contributed by atoms with E-state index in [9.17, 15) is 38.4 Å². The molecule has 5 aliphatic heterocycles. The number of methoxy groups -OCH3 is 1. The van der Waals surface area contributed by atoms with Gasteiger partial charge in [0.25, 0.3) is 23.6 Å². The van der Waals surface area contributed by atoms with Crippen LogP contribution < -0.4 is 44.4 Å². The van der Waals surface area contributed by atoms with Crippen LogP contribution in [0.25, 0.3) is 0 Å². The Bertz CT molecular complexity index is 3430. The third kappa shape index (κ3) is 15.4. The van der Waals surface area contributed by atoms with Crippen molar-refractivity contribution in [3.05, 3.63) is 155 Å². The topological polar surface area (TPSA) is 205 Å². The molecule has 0 saturated heterocycles. The van der Waals surface area contributed by atoms with Crippen LogP contribution in [0.5, 0.6) is 17.2 Å². The van der Waals surface area contributed by atoms with Crippen molar-refractivity contribution >= 4 is 75.4 Å². The first-order chi connectivity index (χ1) is 40.3. The SMILES string of the molecule is CCOc1cc2c(cc1OC)C(=O)N1c3ccccc3C[C@H]1[CH-]N2C.Cc1cc(COc2cc3c(cc2C)C(=O)N2c4ccccc4C[C@H]2[CH-]N3C)cc(NC(=O)C(C)CC(=O)C(C)NC(=O)CCCCC(=O)CCCN2C(=O)C=CC2=O)c1.[Y].[Y]. The fraction of sp³-hybridized carbons (Fsp3) is 0.364. The van der Waals surface area contributed by atoms with E-state index in [2.05, 4.69) is 35.9 Å². The molecular weight excluding hydrogens is 1240 g/mol. The number of imide groups is 1. The molecule has 5 aromatic carbocycles.